The van der Waals surface area contributed by atoms with Crippen LogP contribution in [0.25, 0.3) is 0 Å². The van der Waals surface area contributed by atoms with E-state index in [0.29, 0.717) is 12.5 Å². The Bertz CT molecular complexity index is 335. The summed E-state index contributed by atoms with van der Waals surface area (Å²) in [7, 11) is 0. The second kappa shape index (κ2) is 5.03. The van der Waals surface area contributed by atoms with Gasteiger partial charge in [0.2, 0.25) is 0 Å². The van der Waals surface area contributed by atoms with Crippen molar-refractivity contribution >= 4 is 15.9 Å². The van der Waals surface area contributed by atoms with Gasteiger partial charge in [-0.25, -0.2) is 9.97 Å². The van der Waals surface area contributed by atoms with Crippen molar-refractivity contribution in [1.82, 2.24) is 9.97 Å². The molecule has 1 saturated carbocycles. The van der Waals surface area contributed by atoms with Gasteiger partial charge in [0.25, 0.3) is 0 Å². The Morgan fingerprint density at radius 2 is 2.07 bits per heavy atom. The van der Waals surface area contributed by atoms with Gasteiger partial charge in [0.15, 0.2) is 0 Å². The number of rotatable bonds is 3. The first-order chi connectivity index (χ1) is 7.29. The van der Waals surface area contributed by atoms with Gasteiger partial charge in [0.05, 0.1) is 0 Å². The first-order valence-corrected chi connectivity index (χ1v) is 6.32. The van der Waals surface area contributed by atoms with E-state index < -0.39 is 0 Å². The Labute approximate surface area is 98.6 Å². The Kier molecular flexibility index (Phi) is 3.70. The molecule has 15 heavy (non-hydrogen) atoms. The lowest BCUT2D eigenvalue weighted by molar-refractivity contribution is 0.656. The van der Waals surface area contributed by atoms with Crippen molar-refractivity contribution in [2.75, 3.05) is 6.54 Å². The molecule has 1 aliphatic rings. The normalized spacial score (nSPS) is 17.2. The molecule has 3 nitrogen and oxygen atoms in total. The Morgan fingerprint density at radius 3 is 2.73 bits per heavy atom. The monoisotopic (exact) mass is 269 g/mol. The molecule has 1 aliphatic carbocycles. The summed E-state index contributed by atoms with van der Waals surface area (Å²) in [5, 5.41) is 0. The molecule has 0 amide bonds. The number of nitrogens with zero attached hydrogens (tertiary/aromatic N) is 2. The molecule has 0 saturated heterocycles. The number of hydrogen-bond acceptors (Lipinski definition) is 3. The molecule has 0 spiro atoms. The van der Waals surface area contributed by atoms with Gasteiger partial charge in [-0.15, -0.1) is 0 Å². The SMILES string of the molecule is NCCc1cc(Br)nc(C2CCCC2)n1. The molecular weight excluding hydrogens is 254 g/mol. The van der Waals surface area contributed by atoms with Gasteiger partial charge in [0, 0.05) is 18.0 Å². The largest absolute Gasteiger partial charge is 0.330 e. The summed E-state index contributed by atoms with van der Waals surface area (Å²) in [5.41, 5.74) is 6.60. The van der Waals surface area contributed by atoms with Gasteiger partial charge in [-0.1, -0.05) is 12.8 Å². The van der Waals surface area contributed by atoms with Crippen LogP contribution in [0.5, 0.6) is 0 Å². The highest BCUT2D eigenvalue weighted by Gasteiger charge is 2.20. The summed E-state index contributed by atoms with van der Waals surface area (Å²) < 4.78 is 0.892. The van der Waals surface area contributed by atoms with Crippen molar-refractivity contribution in [2.45, 2.75) is 38.0 Å². The quantitative estimate of drug-likeness (QED) is 0.858. The van der Waals surface area contributed by atoms with E-state index in [4.69, 9.17) is 5.73 Å². The van der Waals surface area contributed by atoms with E-state index in [9.17, 15) is 0 Å². The fraction of sp³-hybridized carbons (Fsp3) is 0.636. The van der Waals surface area contributed by atoms with Crippen LogP contribution in [0, 0.1) is 0 Å². The second-order valence-corrected chi connectivity index (χ2v) is 4.87. The van der Waals surface area contributed by atoms with Crippen LogP contribution in [-0.4, -0.2) is 16.5 Å². The Hall–Kier alpha value is -0.480. The highest BCUT2D eigenvalue weighted by molar-refractivity contribution is 9.10. The van der Waals surface area contributed by atoms with Crippen LogP contribution < -0.4 is 5.73 Å². The Morgan fingerprint density at radius 1 is 1.33 bits per heavy atom. The number of aromatic nitrogens is 2. The first-order valence-electron chi connectivity index (χ1n) is 5.53. The average Bonchev–Trinajstić information content (AvgIpc) is 2.70. The standard InChI is InChI=1S/C11H16BrN3/c12-10-7-9(5-6-13)14-11(15-10)8-3-1-2-4-8/h7-8H,1-6,13H2. The van der Waals surface area contributed by atoms with E-state index in [2.05, 4.69) is 25.9 Å². The summed E-state index contributed by atoms with van der Waals surface area (Å²) in [6.45, 7) is 0.646. The average molecular weight is 270 g/mol. The predicted octanol–water partition coefficient (Wildman–Crippen LogP) is 2.40. The summed E-state index contributed by atoms with van der Waals surface area (Å²) >= 11 is 3.44. The lowest BCUT2D eigenvalue weighted by Gasteiger charge is -2.09. The minimum atomic E-state index is 0.569. The maximum Gasteiger partial charge on any atom is 0.132 e. The van der Waals surface area contributed by atoms with Crippen molar-refractivity contribution in [3.8, 4) is 0 Å². The van der Waals surface area contributed by atoms with E-state index in [-0.39, 0.29) is 0 Å². The molecule has 2 rings (SSSR count). The zero-order valence-electron chi connectivity index (χ0n) is 8.75. The summed E-state index contributed by atoms with van der Waals surface area (Å²) in [5.74, 6) is 1.57. The van der Waals surface area contributed by atoms with Crippen molar-refractivity contribution in [2.24, 2.45) is 5.73 Å². The Balaban J connectivity index is 2.22. The molecule has 0 radical (unpaired) electrons. The highest BCUT2D eigenvalue weighted by Crippen LogP contribution is 2.32. The molecule has 1 heterocycles. The molecule has 0 aromatic carbocycles. The number of nitrogens with two attached hydrogens (primary N) is 1. The number of halogens is 1. The third-order valence-corrected chi connectivity index (χ3v) is 3.29. The van der Waals surface area contributed by atoms with Crippen LogP contribution in [0.15, 0.2) is 10.7 Å². The fourth-order valence-electron chi connectivity index (χ4n) is 2.13. The van der Waals surface area contributed by atoms with Crippen LogP contribution in [0.3, 0.4) is 0 Å². The van der Waals surface area contributed by atoms with Crippen molar-refractivity contribution < 1.29 is 0 Å². The van der Waals surface area contributed by atoms with E-state index >= 15 is 0 Å². The molecule has 0 bridgehead atoms. The predicted molar refractivity (Wildman–Crippen MR) is 63.7 cm³/mol. The minimum Gasteiger partial charge on any atom is -0.330 e. The molecule has 4 heteroatoms. The van der Waals surface area contributed by atoms with Gasteiger partial charge < -0.3 is 5.73 Å². The molecule has 2 N–H and O–H groups in total. The van der Waals surface area contributed by atoms with Crippen molar-refractivity contribution in [1.29, 1.82) is 0 Å². The number of hydrogen-bond donors (Lipinski definition) is 1. The third-order valence-electron chi connectivity index (χ3n) is 2.89. The van der Waals surface area contributed by atoms with Crippen LogP contribution in [0.2, 0.25) is 0 Å². The van der Waals surface area contributed by atoms with E-state index in [0.717, 1.165) is 22.5 Å². The van der Waals surface area contributed by atoms with Crippen LogP contribution >= 0.6 is 15.9 Å². The van der Waals surface area contributed by atoms with Gasteiger partial charge in [-0.05, 0) is 41.4 Å². The molecule has 1 aromatic heterocycles. The smallest absolute Gasteiger partial charge is 0.132 e. The maximum absolute atomic E-state index is 5.54. The highest BCUT2D eigenvalue weighted by atomic mass is 79.9. The van der Waals surface area contributed by atoms with Gasteiger partial charge in [0.1, 0.15) is 10.4 Å². The van der Waals surface area contributed by atoms with Gasteiger partial charge in [-0.2, -0.15) is 0 Å². The lowest BCUT2D eigenvalue weighted by atomic mass is 10.1. The topological polar surface area (TPSA) is 51.8 Å². The van der Waals surface area contributed by atoms with E-state index in [1.165, 1.54) is 25.7 Å². The van der Waals surface area contributed by atoms with Crippen LogP contribution in [0.4, 0.5) is 0 Å². The lowest BCUT2D eigenvalue weighted by Crippen LogP contribution is -2.08. The van der Waals surface area contributed by atoms with Crippen molar-refractivity contribution in [3.63, 3.8) is 0 Å². The van der Waals surface area contributed by atoms with Crippen LogP contribution in [0.1, 0.15) is 43.1 Å². The van der Waals surface area contributed by atoms with Crippen molar-refractivity contribution in [3.05, 3.63) is 22.2 Å². The molecule has 82 valence electrons. The molecular formula is C11H16BrN3. The van der Waals surface area contributed by atoms with E-state index in [1.54, 1.807) is 0 Å². The van der Waals surface area contributed by atoms with Gasteiger partial charge in [-0.3, -0.25) is 0 Å². The summed E-state index contributed by atoms with van der Waals surface area (Å²) in [6.07, 6.45) is 5.93. The van der Waals surface area contributed by atoms with Gasteiger partial charge >= 0.3 is 0 Å². The fourth-order valence-corrected chi connectivity index (χ4v) is 2.57. The molecule has 0 unspecified atom stereocenters. The third kappa shape index (κ3) is 2.75. The second-order valence-electron chi connectivity index (χ2n) is 4.06. The molecule has 1 aromatic rings. The maximum atomic E-state index is 5.54. The summed E-state index contributed by atoms with van der Waals surface area (Å²) in [6, 6.07) is 1.96. The summed E-state index contributed by atoms with van der Waals surface area (Å²) in [4.78, 5) is 9.05. The minimum absolute atomic E-state index is 0.569. The molecule has 0 atom stereocenters. The molecule has 0 aliphatic heterocycles. The van der Waals surface area contributed by atoms with Crippen LogP contribution in [-0.2, 0) is 6.42 Å². The molecule has 1 fully saturated rings. The zero-order valence-corrected chi connectivity index (χ0v) is 10.3. The van der Waals surface area contributed by atoms with E-state index in [1.807, 2.05) is 6.07 Å². The first kappa shape index (κ1) is 11.0. The zero-order chi connectivity index (χ0) is 10.7.